The molecule has 2 atom stereocenters. The summed E-state index contributed by atoms with van der Waals surface area (Å²) >= 11 is 1.46. The molecular weight excluding hydrogens is 382 g/mol. The van der Waals surface area contributed by atoms with Gasteiger partial charge in [0.1, 0.15) is 0 Å². The number of benzene rings is 2. The van der Waals surface area contributed by atoms with Crippen LogP contribution in [0.4, 0.5) is 5.69 Å². The quantitative estimate of drug-likeness (QED) is 0.821. The zero-order valence-corrected chi connectivity index (χ0v) is 16.1. The topological polar surface area (TPSA) is 87.6 Å². The number of thioether (sulfide) groups is 1. The summed E-state index contributed by atoms with van der Waals surface area (Å²) in [4.78, 5) is 16.9. The number of amides is 1. The standard InChI is InChI=1S/C19H19N3O3S2/c23-18(20-10-13-5-2-1-3-6-13)14-7-4-8-15(9-14)21-19-22-16-11-27(24,25)12-17(16)26-19/h1-9,16-17H,10-12H2,(H,20,23)(H,21,22)/t16-,17+/m1/s1. The fraction of sp³-hybridized carbons (Fsp3) is 0.263. The van der Waals surface area contributed by atoms with Crippen LogP contribution < -0.4 is 10.6 Å². The van der Waals surface area contributed by atoms with E-state index in [1.165, 1.54) is 11.8 Å². The SMILES string of the molecule is O=C(NCc1ccccc1)c1cccc(NC2=N[C@@H]3CS(=O)(=O)C[C@@H]3S2)c1. The molecule has 4 rings (SSSR count). The molecule has 2 N–H and O–H groups in total. The number of nitrogens with one attached hydrogen (secondary N) is 2. The Labute approximate surface area is 162 Å². The van der Waals surface area contributed by atoms with Gasteiger partial charge in [0, 0.05) is 23.0 Å². The molecule has 0 spiro atoms. The Kier molecular flexibility index (Phi) is 4.92. The second-order valence-corrected chi connectivity index (χ2v) is 9.99. The molecule has 0 radical (unpaired) electrons. The van der Waals surface area contributed by atoms with Crippen molar-refractivity contribution in [1.29, 1.82) is 0 Å². The third-order valence-corrected chi connectivity index (χ3v) is 7.63. The number of aliphatic imine (C=N–C) groups is 1. The average Bonchev–Trinajstić information content (AvgIpc) is 3.13. The fourth-order valence-electron chi connectivity index (χ4n) is 3.16. The lowest BCUT2D eigenvalue weighted by molar-refractivity contribution is 0.0951. The number of anilines is 1. The Bertz CT molecular complexity index is 990. The van der Waals surface area contributed by atoms with Crippen molar-refractivity contribution in [1.82, 2.24) is 5.32 Å². The van der Waals surface area contributed by atoms with Crippen molar-refractivity contribution < 1.29 is 13.2 Å². The van der Waals surface area contributed by atoms with Crippen molar-refractivity contribution in [3.05, 3.63) is 65.7 Å². The summed E-state index contributed by atoms with van der Waals surface area (Å²) in [5.41, 5.74) is 2.36. The highest BCUT2D eigenvalue weighted by Gasteiger charge is 2.42. The Morgan fingerprint density at radius 3 is 2.70 bits per heavy atom. The summed E-state index contributed by atoms with van der Waals surface area (Å²) in [5.74, 6) is 0.156. The highest BCUT2D eigenvalue weighted by atomic mass is 32.2. The monoisotopic (exact) mass is 401 g/mol. The first-order chi connectivity index (χ1) is 13.0. The summed E-state index contributed by atoms with van der Waals surface area (Å²) in [6, 6.07) is 16.8. The van der Waals surface area contributed by atoms with Crippen LogP contribution in [0.3, 0.4) is 0 Å². The Morgan fingerprint density at radius 2 is 1.93 bits per heavy atom. The second-order valence-electron chi connectivity index (χ2n) is 6.61. The molecule has 1 saturated heterocycles. The van der Waals surface area contributed by atoms with Crippen LogP contribution in [0.1, 0.15) is 15.9 Å². The number of amidine groups is 1. The average molecular weight is 402 g/mol. The van der Waals surface area contributed by atoms with Gasteiger partial charge >= 0.3 is 0 Å². The van der Waals surface area contributed by atoms with Gasteiger partial charge in [-0.3, -0.25) is 9.79 Å². The highest BCUT2D eigenvalue weighted by molar-refractivity contribution is 8.15. The van der Waals surface area contributed by atoms with E-state index in [2.05, 4.69) is 15.6 Å². The van der Waals surface area contributed by atoms with Crippen molar-refractivity contribution >= 4 is 38.4 Å². The van der Waals surface area contributed by atoms with Crippen LogP contribution in [0.2, 0.25) is 0 Å². The van der Waals surface area contributed by atoms with Crippen LogP contribution in [0.5, 0.6) is 0 Å². The number of carbonyl (C=O) groups is 1. The zero-order valence-electron chi connectivity index (χ0n) is 14.5. The molecule has 0 saturated carbocycles. The van der Waals surface area contributed by atoms with Crippen molar-refractivity contribution in [3.8, 4) is 0 Å². The summed E-state index contributed by atoms with van der Waals surface area (Å²) in [5, 5.41) is 6.82. The molecule has 1 fully saturated rings. The van der Waals surface area contributed by atoms with Gasteiger partial charge in [0.25, 0.3) is 5.91 Å². The molecular formula is C19H19N3O3S2. The molecule has 27 heavy (non-hydrogen) atoms. The lowest BCUT2D eigenvalue weighted by Crippen LogP contribution is -2.22. The second kappa shape index (κ2) is 7.36. The smallest absolute Gasteiger partial charge is 0.251 e. The normalized spacial score (nSPS) is 22.7. The number of sulfone groups is 1. The molecule has 140 valence electrons. The summed E-state index contributed by atoms with van der Waals surface area (Å²) in [6.07, 6.45) is 0. The number of fused-ring (bicyclic) bond motifs is 1. The Hall–Kier alpha value is -2.32. The summed E-state index contributed by atoms with van der Waals surface area (Å²) in [7, 11) is -2.96. The third-order valence-electron chi connectivity index (χ3n) is 4.49. The molecule has 2 aliphatic rings. The number of rotatable bonds is 4. The van der Waals surface area contributed by atoms with Crippen molar-refractivity contribution in [3.63, 3.8) is 0 Å². The summed E-state index contributed by atoms with van der Waals surface area (Å²) < 4.78 is 23.3. The molecule has 0 bridgehead atoms. The van der Waals surface area contributed by atoms with E-state index in [-0.39, 0.29) is 28.7 Å². The summed E-state index contributed by atoms with van der Waals surface area (Å²) in [6.45, 7) is 0.470. The molecule has 2 aromatic rings. The van der Waals surface area contributed by atoms with Gasteiger partial charge in [-0.05, 0) is 23.8 Å². The van der Waals surface area contributed by atoms with Crippen LogP contribution in [-0.4, -0.2) is 42.3 Å². The maximum Gasteiger partial charge on any atom is 0.251 e. The van der Waals surface area contributed by atoms with Gasteiger partial charge in [-0.15, -0.1) is 0 Å². The van der Waals surface area contributed by atoms with Gasteiger partial charge in [-0.1, -0.05) is 48.2 Å². The molecule has 0 unspecified atom stereocenters. The van der Waals surface area contributed by atoms with E-state index >= 15 is 0 Å². The van der Waals surface area contributed by atoms with Gasteiger partial charge in [0.15, 0.2) is 15.0 Å². The van der Waals surface area contributed by atoms with Crippen LogP contribution in [0, 0.1) is 0 Å². The maximum atomic E-state index is 12.4. The number of carbonyl (C=O) groups excluding carboxylic acids is 1. The Morgan fingerprint density at radius 1 is 1.11 bits per heavy atom. The first kappa shape index (κ1) is 18.1. The van der Waals surface area contributed by atoms with E-state index in [1.807, 2.05) is 42.5 Å². The maximum absolute atomic E-state index is 12.4. The third kappa shape index (κ3) is 4.33. The Balaban J connectivity index is 1.39. The van der Waals surface area contributed by atoms with E-state index in [9.17, 15) is 13.2 Å². The minimum atomic E-state index is -2.96. The van der Waals surface area contributed by atoms with Crippen molar-refractivity contribution in [2.75, 3.05) is 16.8 Å². The molecule has 1 amide bonds. The number of hydrogen-bond acceptors (Lipinski definition) is 6. The molecule has 8 heteroatoms. The molecule has 2 aliphatic heterocycles. The van der Waals surface area contributed by atoms with Crippen LogP contribution in [-0.2, 0) is 16.4 Å². The number of hydrogen-bond donors (Lipinski definition) is 2. The lowest BCUT2D eigenvalue weighted by Gasteiger charge is -2.09. The van der Waals surface area contributed by atoms with E-state index in [0.29, 0.717) is 17.3 Å². The molecule has 2 heterocycles. The molecule has 0 aliphatic carbocycles. The minimum absolute atomic E-state index is 0.00477. The van der Waals surface area contributed by atoms with E-state index < -0.39 is 9.84 Å². The van der Waals surface area contributed by atoms with Gasteiger partial charge < -0.3 is 10.6 Å². The predicted molar refractivity (Wildman–Crippen MR) is 109 cm³/mol. The molecule has 6 nitrogen and oxygen atoms in total. The minimum Gasteiger partial charge on any atom is -0.348 e. The van der Waals surface area contributed by atoms with E-state index in [4.69, 9.17) is 0 Å². The van der Waals surface area contributed by atoms with Gasteiger partial charge in [0.05, 0.1) is 17.5 Å². The molecule has 0 aromatic heterocycles. The van der Waals surface area contributed by atoms with Crippen molar-refractivity contribution in [2.24, 2.45) is 4.99 Å². The zero-order chi connectivity index (χ0) is 18.9. The first-order valence-corrected chi connectivity index (χ1v) is 11.3. The largest absolute Gasteiger partial charge is 0.348 e. The van der Waals surface area contributed by atoms with Crippen molar-refractivity contribution in [2.45, 2.75) is 17.8 Å². The van der Waals surface area contributed by atoms with E-state index in [0.717, 1.165) is 11.3 Å². The molecule has 2 aromatic carbocycles. The lowest BCUT2D eigenvalue weighted by atomic mass is 10.1. The van der Waals surface area contributed by atoms with Gasteiger partial charge in [-0.25, -0.2) is 8.42 Å². The predicted octanol–water partition coefficient (Wildman–Crippen LogP) is 2.30. The fourth-order valence-corrected chi connectivity index (χ4v) is 6.83. The number of nitrogens with zero attached hydrogens (tertiary/aromatic N) is 1. The van der Waals surface area contributed by atoms with Crippen LogP contribution >= 0.6 is 11.8 Å². The van der Waals surface area contributed by atoms with Gasteiger partial charge in [-0.2, -0.15) is 0 Å². The van der Waals surface area contributed by atoms with E-state index in [1.54, 1.807) is 12.1 Å². The van der Waals surface area contributed by atoms with Gasteiger partial charge in [0.2, 0.25) is 0 Å². The van der Waals surface area contributed by atoms with Crippen LogP contribution in [0.25, 0.3) is 0 Å². The first-order valence-electron chi connectivity index (χ1n) is 8.63. The van der Waals surface area contributed by atoms with Crippen LogP contribution in [0.15, 0.2) is 59.6 Å². The highest BCUT2D eigenvalue weighted by Crippen LogP contribution is 2.34.